The first kappa shape index (κ1) is 31.9. The smallest absolute Gasteiger partial charge is 0.410 e. The van der Waals surface area contributed by atoms with Gasteiger partial charge in [-0.15, -0.1) is 0 Å². The average molecular weight is 652 g/mol. The van der Waals surface area contributed by atoms with E-state index in [2.05, 4.69) is 4.98 Å². The number of likely N-dealkylation sites (N-methyl/N-ethyl adjacent to an activating group) is 1. The number of anilines is 1. The van der Waals surface area contributed by atoms with Gasteiger partial charge in [0.1, 0.15) is 29.7 Å². The van der Waals surface area contributed by atoms with Crippen molar-refractivity contribution in [3.63, 3.8) is 0 Å². The van der Waals surface area contributed by atoms with Gasteiger partial charge >= 0.3 is 12.1 Å². The van der Waals surface area contributed by atoms with E-state index >= 15 is 0 Å². The van der Waals surface area contributed by atoms with Crippen LogP contribution in [0.4, 0.5) is 15.0 Å². The Bertz CT molecular complexity index is 1860. The fourth-order valence-corrected chi connectivity index (χ4v) is 6.57. The van der Waals surface area contributed by atoms with Crippen LogP contribution in [0.5, 0.6) is 6.01 Å². The lowest BCUT2D eigenvalue weighted by atomic mass is 10.1. The highest BCUT2D eigenvalue weighted by molar-refractivity contribution is 6.36. The zero-order valence-corrected chi connectivity index (χ0v) is 27.7. The van der Waals surface area contributed by atoms with Crippen LogP contribution in [0.2, 0.25) is 5.02 Å². The summed E-state index contributed by atoms with van der Waals surface area (Å²) in [5, 5.41) is 2.11. The molecule has 4 heterocycles. The molecule has 3 atom stereocenters. The number of amides is 1. The van der Waals surface area contributed by atoms with Gasteiger partial charge in [0.15, 0.2) is 11.3 Å². The van der Waals surface area contributed by atoms with Crippen LogP contribution in [0.25, 0.3) is 27.5 Å². The molecule has 0 radical (unpaired) electrons. The van der Waals surface area contributed by atoms with Crippen molar-refractivity contribution in [3.05, 3.63) is 57.6 Å². The Kier molecular flexibility index (Phi) is 8.53. The summed E-state index contributed by atoms with van der Waals surface area (Å²) >= 11 is 6.64. The van der Waals surface area contributed by atoms with Crippen molar-refractivity contribution in [3.8, 4) is 11.7 Å². The molecule has 2 aliphatic rings. The lowest BCUT2D eigenvalue weighted by Crippen LogP contribution is -2.55. The number of ether oxygens (including phenoxy) is 2. The maximum absolute atomic E-state index is 14.4. The predicted octanol–water partition coefficient (Wildman–Crippen LogP) is 5.16. The lowest BCUT2D eigenvalue weighted by Gasteiger charge is -2.40. The monoisotopic (exact) mass is 651 g/mol. The fraction of sp³-hybridized carbons (Fsp3) is 0.485. The summed E-state index contributed by atoms with van der Waals surface area (Å²) in [6.07, 6.45) is -0.968. The molecule has 0 spiro atoms. The largest absolute Gasteiger partial charge is 0.462 e. The van der Waals surface area contributed by atoms with Crippen LogP contribution >= 0.6 is 11.6 Å². The summed E-state index contributed by atoms with van der Waals surface area (Å²) in [7, 11) is 1.85. The number of aromatic nitrogens is 4. The predicted molar refractivity (Wildman–Crippen MR) is 176 cm³/mol. The normalized spacial score (nSPS) is 20.9. The number of aryl methyl sites for hydroxylation is 1. The van der Waals surface area contributed by atoms with Gasteiger partial charge in [0, 0.05) is 43.6 Å². The van der Waals surface area contributed by atoms with Crippen LogP contribution in [0.3, 0.4) is 0 Å². The highest BCUT2D eigenvalue weighted by Crippen LogP contribution is 2.32. The Morgan fingerprint density at radius 3 is 2.48 bits per heavy atom. The highest BCUT2D eigenvalue weighted by atomic mass is 35.5. The lowest BCUT2D eigenvalue weighted by molar-refractivity contribution is 0.0218. The molecule has 0 bridgehead atoms. The number of benzene rings is 2. The van der Waals surface area contributed by atoms with Crippen LogP contribution in [-0.2, 0) is 4.74 Å². The molecule has 2 aromatic heterocycles. The van der Waals surface area contributed by atoms with Crippen molar-refractivity contribution in [2.45, 2.75) is 64.9 Å². The van der Waals surface area contributed by atoms with Crippen LogP contribution in [0, 0.1) is 6.92 Å². The third-order valence-corrected chi connectivity index (χ3v) is 8.83. The SMILES string of the molecule is Cc1nc2c(N3CCN(C(=O)OC(C)(C)C)C[C@@H]3C)nc(OC[C@@H]3C[C@@H](F)CN3C)nc2c(=O)n1-c1cccc2cccc(Cl)c12. The van der Waals surface area contributed by atoms with Crippen molar-refractivity contribution < 1.29 is 18.7 Å². The van der Waals surface area contributed by atoms with E-state index in [-0.39, 0.29) is 36.3 Å². The molecule has 2 aliphatic heterocycles. The van der Waals surface area contributed by atoms with Gasteiger partial charge in [-0.2, -0.15) is 9.97 Å². The van der Waals surface area contributed by atoms with Gasteiger partial charge in [0.05, 0.1) is 10.7 Å². The van der Waals surface area contributed by atoms with Crippen molar-refractivity contribution >= 4 is 45.3 Å². The first-order valence-corrected chi connectivity index (χ1v) is 15.9. The number of hydrogen-bond acceptors (Lipinski definition) is 9. The first-order chi connectivity index (χ1) is 21.8. The molecule has 244 valence electrons. The van der Waals surface area contributed by atoms with Crippen molar-refractivity contribution in [2.75, 3.05) is 44.7 Å². The zero-order chi connectivity index (χ0) is 32.9. The van der Waals surface area contributed by atoms with Gasteiger partial charge < -0.3 is 19.3 Å². The molecule has 46 heavy (non-hydrogen) atoms. The highest BCUT2D eigenvalue weighted by Gasteiger charge is 2.34. The van der Waals surface area contributed by atoms with E-state index in [1.807, 2.05) is 74.9 Å². The van der Waals surface area contributed by atoms with Gasteiger partial charge in [-0.25, -0.2) is 14.2 Å². The Hall–Kier alpha value is -4.03. The Labute approximate surface area is 271 Å². The van der Waals surface area contributed by atoms with Gasteiger partial charge in [-0.1, -0.05) is 35.9 Å². The van der Waals surface area contributed by atoms with E-state index in [1.165, 1.54) is 4.57 Å². The van der Waals surface area contributed by atoms with Gasteiger partial charge in [-0.3, -0.25) is 14.3 Å². The Morgan fingerprint density at radius 1 is 1.07 bits per heavy atom. The number of carbonyl (C=O) groups is 1. The molecule has 11 nitrogen and oxygen atoms in total. The molecule has 0 saturated carbocycles. The minimum Gasteiger partial charge on any atom is -0.462 e. The summed E-state index contributed by atoms with van der Waals surface area (Å²) in [4.78, 5) is 47.1. The van der Waals surface area contributed by atoms with E-state index in [1.54, 1.807) is 17.9 Å². The van der Waals surface area contributed by atoms with E-state index in [0.717, 1.165) is 10.8 Å². The summed E-state index contributed by atoms with van der Waals surface area (Å²) < 4.78 is 27.3. The third-order valence-electron chi connectivity index (χ3n) is 8.51. The van der Waals surface area contributed by atoms with E-state index in [9.17, 15) is 14.0 Å². The van der Waals surface area contributed by atoms with Crippen LogP contribution < -0.4 is 15.2 Å². The molecular weight excluding hydrogens is 613 g/mol. The molecule has 0 unspecified atom stereocenters. The van der Waals surface area contributed by atoms with Gasteiger partial charge in [0.25, 0.3) is 5.56 Å². The average Bonchev–Trinajstić information content (AvgIpc) is 3.31. The number of rotatable bonds is 5. The number of alkyl halides is 1. The number of hydrogen-bond donors (Lipinski definition) is 0. The second kappa shape index (κ2) is 12.3. The topological polar surface area (TPSA) is 106 Å². The molecule has 1 amide bonds. The van der Waals surface area contributed by atoms with Gasteiger partial charge in [-0.05, 0) is 65.6 Å². The molecule has 2 aromatic carbocycles. The van der Waals surface area contributed by atoms with Gasteiger partial charge in [0.2, 0.25) is 0 Å². The number of nitrogens with zero attached hydrogens (tertiary/aromatic N) is 7. The van der Waals surface area contributed by atoms with Crippen molar-refractivity contribution in [2.24, 2.45) is 0 Å². The maximum atomic E-state index is 14.4. The summed E-state index contributed by atoms with van der Waals surface area (Å²) in [6, 6.07) is 10.9. The summed E-state index contributed by atoms with van der Waals surface area (Å²) in [6.45, 7) is 10.9. The molecule has 2 saturated heterocycles. The molecule has 2 fully saturated rings. The zero-order valence-electron chi connectivity index (χ0n) is 27.0. The number of fused-ring (bicyclic) bond motifs is 2. The maximum Gasteiger partial charge on any atom is 0.410 e. The molecule has 6 rings (SSSR count). The van der Waals surface area contributed by atoms with Crippen LogP contribution in [0.15, 0.2) is 41.2 Å². The summed E-state index contributed by atoms with van der Waals surface area (Å²) in [5.41, 5.74) is -0.0113. The van der Waals surface area contributed by atoms with Crippen LogP contribution in [0.1, 0.15) is 39.9 Å². The number of piperazine rings is 1. The number of halogens is 2. The summed E-state index contributed by atoms with van der Waals surface area (Å²) in [5.74, 6) is 0.868. The van der Waals surface area contributed by atoms with Crippen molar-refractivity contribution in [1.29, 1.82) is 0 Å². The first-order valence-electron chi connectivity index (χ1n) is 15.5. The molecule has 0 aliphatic carbocycles. The Morgan fingerprint density at radius 2 is 1.80 bits per heavy atom. The second-order valence-corrected chi connectivity index (χ2v) is 13.6. The standard InChI is InChI=1S/C33H39ClFN7O4/c1-19-16-40(32(44)46-33(3,4)5)13-14-41(19)29-27-28(37-31(38-29)45-18-23-15-22(35)17-39(23)6)30(43)42(20(2)36-27)25-12-8-10-21-9-7-11-24(34)26(21)25/h7-12,19,22-23H,13-18H2,1-6H3/t19-,22+,23-/m0/s1. The third kappa shape index (κ3) is 6.20. The number of carbonyl (C=O) groups excluding carboxylic acids is 1. The molecular formula is C33H39ClFN7O4. The van der Waals surface area contributed by atoms with E-state index in [4.69, 9.17) is 31.0 Å². The molecule has 0 N–H and O–H groups in total. The minimum absolute atomic E-state index is 0.00485. The molecule has 4 aromatic rings. The second-order valence-electron chi connectivity index (χ2n) is 13.1. The van der Waals surface area contributed by atoms with E-state index in [0.29, 0.717) is 60.5 Å². The minimum atomic E-state index is -0.930. The quantitative estimate of drug-likeness (QED) is 0.289. The number of likely N-dealkylation sites (tertiary alicyclic amines) is 1. The van der Waals surface area contributed by atoms with E-state index < -0.39 is 17.3 Å². The Balaban J connectivity index is 1.44. The fourth-order valence-electron chi connectivity index (χ4n) is 6.29. The van der Waals surface area contributed by atoms with Crippen molar-refractivity contribution in [1.82, 2.24) is 29.3 Å². The van der Waals surface area contributed by atoms with Crippen LogP contribution in [-0.4, -0.2) is 99.1 Å². The molecule has 13 heteroatoms.